The summed E-state index contributed by atoms with van der Waals surface area (Å²) in [5.41, 5.74) is 5.35. The van der Waals surface area contributed by atoms with Crippen molar-refractivity contribution in [3.05, 3.63) is 12.0 Å². The second kappa shape index (κ2) is 3.43. The number of likely N-dealkylation sites (N-methyl/N-ethyl adjacent to an activating group) is 1. The molecule has 0 aromatic rings. The largest absolute Gasteiger partial charge is 0.462 e. The van der Waals surface area contributed by atoms with Crippen molar-refractivity contribution in [1.29, 1.82) is 0 Å². The first-order chi connectivity index (χ1) is 5.20. The molecule has 0 aliphatic carbocycles. The molecule has 0 fully saturated rings. The van der Waals surface area contributed by atoms with Gasteiger partial charge in [-0.3, -0.25) is 0 Å². The summed E-state index contributed by atoms with van der Waals surface area (Å²) in [6.45, 7) is 0.857. The second-order valence-corrected chi connectivity index (χ2v) is 2.63. The van der Waals surface area contributed by atoms with Crippen LogP contribution in [0.3, 0.4) is 0 Å². The van der Waals surface area contributed by atoms with Crippen molar-refractivity contribution in [3.63, 3.8) is 0 Å². The molecular weight excluding hydrogens is 164 g/mol. The second-order valence-electron chi connectivity index (χ2n) is 2.21. The highest BCUT2D eigenvalue weighted by Crippen LogP contribution is 2.06. The standard InChI is InChI=1S/C6H10N2O2S/c1-8(6(7)11)2-5-3-9-4-10-5/h3H,2,4H2,1H3,(H2,7,11). The van der Waals surface area contributed by atoms with Crippen molar-refractivity contribution in [2.45, 2.75) is 0 Å². The fraction of sp³-hybridized carbons (Fsp3) is 0.500. The first kappa shape index (κ1) is 8.13. The fourth-order valence-corrected chi connectivity index (χ4v) is 0.730. The molecule has 0 radical (unpaired) electrons. The molecule has 0 bridgehead atoms. The molecule has 0 atom stereocenters. The Morgan fingerprint density at radius 2 is 2.64 bits per heavy atom. The minimum Gasteiger partial charge on any atom is -0.462 e. The number of hydrogen-bond acceptors (Lipinski definition) is 3. The summed E-state index contributed by atoms with van der Waals surface area (Å²) in [4.78, 5) is 1.70. The third-order valence-electron chi connectivity index (χ3n) is 1.30. The molecule has 62 valence electrons. The molecule has 0 spiro atoms. The van der Waals surface area contributed by atoms with Crippen LogP contribution in [0, 0.1) is 0 Å². The molecular formula is C6H10N2O2S. The monoisotopic (exact) mass is 174 g/mol. The molecule has 4 nitrogen and oxygen atoms in total. The molecule has 0 unspecified atom stereocenters. The number of ether oxygens (including phenoxy) is 2. The molecule has 0 amide bonds. The van der Waals surface area contributed by atoms with E-state index in [2.05, 4.69) is 0 Å². The third kappa shape index (κ3) is 2.27. The SMILES string of the molecule is CN(CC1=COCO1)C(N)=S. The Bertz CT molecular complexity index is 193. The van der Waals surface area contributed by atoms with Crippen LogP contribution in [-0.2, 0) is 9.47 Å². The van der Waals surface area contributed by atoms with Crippen molar-refractivity contribution in [3.8, 4) is 0 Å². The Morgan fingerprint density at radius 1 is 1.91 bits per heavy atom. The summed E-state index contributed by atoms with van der Waals surface area (Å²) < 4.78 is 9.90. The van der Waals surface area contributed by atoms with Gasteiger partial charge in [0.25, 0.3) is 0 Å². The van der Waals surface area contributed by atoms with Crippen LogP contribution < -0.4 is 5.73 Å². The quantitative estimate of drug-likeness (QED) is 0.597. The molecule has 5 heteroatoms. The van der Waals surface area contributed by atoms with Crippen LogP contribution in [0.15, 0.2) is 12.0 Å². The molecule has 1 aliphatic heterocycles. The lowest BCUT2D eigenvalue weighted by Crippen LogP contribution is -2.33. The Labute approximate surface area is 70.6 Å². The summed E-state index contributed by atoms with van der Waals surface area (Å²) in [5, 5.41) is 0.349. The van der Waals surface area contributed by atoms with Crippen molar-refractivity contribution >= 4 is 17.3 Å². The fourth-order valence-electron chi connectivity index (χ4n) is 0.665. The van der Waals surface area contributed by atoms with Crippen molar-refractivity contribution in [1.82, 2.24) is 4.90 Å². The Balaban J connectivity index is 2.35. The lowest BCUT2D eigenvalue weighted by Gasteiger charge is -2.15. The molecule has 0 aromatic heterocycles. The van der Waals surface area contributed by atoms with Gasteiger partial charge < -0.3 is 20.1 Å². The summed E-state index contributed by atoms with van der Waals surface area (Å²) >= 11 is 4.73. The normalized spacial score (nSPS) is 14.8. The average Bonchev–Trinajstić information content (AvgIpc) is 2.39. The zero-order chi connectivity index (χ0) is 8.27. The topological polar surface area (TPSA) is 47.7 Å². The van der Waals surface area contributed by atoms with Gasteiger partial charge in [0.05, 0.1) is 6.54 Å². The van der Waals surface area contributed by atoms with Gasteiger partial charge in [-0.15, -0.1) is 0 Å². The van der Waals surface area contributed by atoms with Gasteiger partial charge >= 0.3 is 0 Å². The molecule has 2 N–H and O–H groups in total. The van der Waals surface area contributed by atoms with Gasteiger partial charge in [-0.05, 0) is 12.2 Å². The van der Waals surface area contributed by atoms with E-state index in [9.17, 15) is 0 Å². The Hall–Kier alpha value is -0.970. The van der Waals surface area contributed by atoms with Gasteiger partial charge in [-0.25, -0.2) is 0 Å². The molecule has 0 aromatic carbocycles. The predicted molar refractivity (Wildman–Crippen MR) is 44.5 cm³/mol. The lowest BCUT2D eigenvalue weighted by atomic mass is 10.5. The van der Waals surface area contributed by atoms with E-state index in [0.29, 0.717) is 18.5 Å². The van der Waals surface area contributed by atoms with Gasteiger partial charge in [0.15, 0.2) is 10.9 Å². The summed E-state index contributed by atoms with van der Waals surface area (Å²) in [7, 11) is 1.80. The van der Waals surface area contributed by atoms with Crippen LogP contribution in [0.2, 0.25) is 0 Å². The Kier molecular flexibility index (Phi) is 2.53. The predicted octanol–water partition coefficient (Wildman–Crippen LogP) is 0.00750. The van der Waals surface area contributed by atoms with E-state index in [4.69, 9.17) is 27.4 Å². The van der Waals surface area contributed by atoms with Crippen LogP contribution in [-0.4, -0.2) is 30.4 Å². The van der Waals surface area contributed by atoms with Crippen molar-refractivity contribution < 1.29 is 9.47 Å². The molecule has 1 rings (SSSR count). The summed E-state index contributed by atoms with van der Waals surface area (Å²) in [5.74, 6) is 0.750. The highest BCUT2D eigenvalue weighted by atomic mass is 32.1. The minimum absolute atomic E-state index is 0.292. The average molecular weight is 174 g/mol. The lowest BCUT2D eigenvalue weighted by molar-refractivity contribution is 0.0767. The number of nitrogens with two attached hydrogens (primary N) is 1. The minimum atomic E-state index is 0.292. The van der Waals surface area contributed by atoms with Gasteiger partial charge in [0, 0.05) is 7.05 Å². The summed E-state index contributed by atoms with van der Waals surface area (Å²) in [6.07, 6.45) is 1.56. The molecule has 0 saturated heterocycles. The number of rotatable bonds is 2. The van der Waals surface area contributed by atoms with E-state index in [1.165, 1.54) is 0 Å². The third-order valence-corrected chi connectivity index (χ3v) is 1.61. The number of hydrogen-bond donors (Lipinski definition) is 1. The summed E-state index contributed by atoms with van der Waals surface area (Å²) in [6, 6.07) is 0. The van der Waals surface area contributed by atoms with Gasteiger partial charge in [-0.1, -0.05) is 0 Å². The molecule has 1 aliphatic rings. The van der Waals surface area contributed by atoms with Crippen LogP contribution in [0.1, 0.15) is 0 Å². The zero-order valence-electron chi connectivity index (χ0n) is 6.24. The molecule has 1 heterocycles. The van der Waals surface area contributed by atoms with E-state index in [1.54, 1.807) is 18.2 Å². The smallest absolute Gasteiger partial charge is 0.229 e. The van der Waals surface area contributed by atoms with Crippen LogP contribution in [0.25, 0.3) is 0 Å². The van der Waals surface area contributed by atoms with E-state index in [1.807, 2.05) is 0 Å². The van der Waals surface area contributed by atoms with E-state index >= 15 is 0 Å². The van der Waals surface area contributed by atoms with Gasteiger partial charge in [0.1, 0.15) is 6.26 Å². The molecule has 11 heavy (non-hydrogen) atoms. The Morgan fingerprint density at radius 3 is 3.09 bits per heavy atom. The maximum atomic E-state index is 5.35. The van der Waals surface area contributed by atoms with Crippen LogP contribution >= 0.6 is 12.2 Å². The van der Waals surface area contributed by atoms with E-state index in [-0.39, 0.29) is 0 Å². The van der Waals surface area contributed by atoms with E-state index in [0.717, 1.165) is 5.76 Å². The van der Waals surface area contributed by atoms with Gasteiger partial charge in [0.2, 0.25) is 6.79 Å². The van der Waals surface area contributed by atoms with E-state index < -0.39 is 0 Å². The highest BCUT2D eigenvalue weighted by molar-refractivity contribution is 7.80. The van der Waals surface area contributed by atoms with Crippen LogP contribution in [0.4, 0.5) is 0 Å². The first-order valence-electron chi connectivity index (χ1n) is 3.14. The van der Waals surface area contributed by atoms with Crippen LogP contribution in [0.5, 0.6) is 0 Å². The number of thiocarbonyl (C=S) groups is 1. The maximum Gasteiger partial charge on any atom is 0.229 e. The number of nitrogens with zero attached hydrogens (tertiary/aromatic N) is 1. The zero-order valence-corrected chi connectivity index (χ0v) is 7.06. The maximum absolute atomic E-state index is 5.35. The van der Waals surface area contributed by atoms with Crippen molar-refractivity contribution in [2.75, 3.05) is 20.4 Å². The molecule has 0 saturated carbocycles. The highest BCUT2D eigenvalue weighted by Gasteiger charge is 2.09. The van der Waals surface area contributed by atoms with Crippen molar-refractivity contribution in [2.24, 2.45) is 5.73 Å². The first-order valence-corrected chi connectivity index (χ1v) is 3.55. The van der Waals surface area contributed by atoms with Gasteiger partial charge in [-0.2, -0.15) is 0 Å².